The van der Waals surface area contributed by atoms with E-state index in [0.717, 1.165) is 18.8 Å². The molecule has 0 saturated carbocycles. The topological polar surface area (TPSA) is 33.1 Å². The van der Waals surface area contributed by atoms with Gasteiger partial charge in [-0.25, -0.2) is 0 Å². The van der Waals surface area contributed by atoms with Crippen LogP contribution >= 0.6 is 0 Å². The molecule has 0 spiro atoms. The SMILES string of the molecule is CC(CNCc1nn(C)c2ccccc12)N1CCCC1. The second kappa shape index (κ2) is 5.94. The molecule has 1 aromatic carbocycles. The zero-order valence-corrected chi connectivity index (χ0v) is 12.5. The number of hydrogen-bond acceptors (Lipinski definition) is 3. The highest BCUT2D eigenvalue weighted by molar-refractivity contribution is 5.81. The van der Waals surface area contributed by atoms with Crippen molar-refractivity contribution in [1.82, 2.24) is 20.0 Å². The van der Waals surface area contributed by atoms with Crippen LogP contribution in [0.4, 0.5) is 0 Å². The van der Waals surface area contributed by atoms with Gasteiger partial charge in [-0.15, -0.1) is 0 Å². The van der Waals surface area contributed by atoms with E-state index in [0.29, 0.717) is 6.04 Å². The predicted octanol–water partition coefficient (Wildman–Crippen LogP) is 2.15. The number of nitrogens with zero attached hydrogens (tertiary/aromatic N) is 3. The van der Waals surface area contributed by atoms with Gasteiger partial charge in [0.15, 0.2) is 0 Å². The molecule has 4 nitrogen and oxygen atoms in total. The summed E-state index contributed by atoms with van der Waals surface area (Å²) in [5, 5.41) is 9.45. The van der Waals surface area contributed by atoms with Crippen molar-refractivity contribution in [3.05, 3.63) is 30.0 Å². The number of aryl methyl sites for hydroxylation is 1. The summed E-state index contributed by atoms with van der Waals surface area (Å²) in [7, 11) is 2.01. The fourth-order valence-electron chi connectivity index (χ4n) is 3.13. The summed E-state index contributed by atoms with van der Waals surface area (Å²) < 4.78 is 1.97. The van der Waals surface area contributed by atoms with Crippen LogP contribution in [0.3, 0.4) is 0 Å². The third-order valence-corrected chi connectivity index (χ3v) is 4.33. The number of para-hydroxylation sites is 1. The van der Waals surface area contributed by atoms with Crippen molar-refractivity contribution in [2.45, 2.75) is 32.4 Å². The highest BCUT2D eigenvalue weighted by atomic mass is 15.3. The summed E-state index contributed by atoms with van der Waals surface area (Å²) in [5.74, 6) is 0. The van der Waals surface area contributed by atoms with Gasteiger partial charge in [0.1, 0.15) is 0 Å². The summed E-state index contributed by atoms with van der Waals surface area (Å²) in [6, 6.07) is 9.05. The van der Waals surface area contributed by atoms with Crippen molar-refractivity contribution in [2.75, 3.05) is 19.6 Å². The van der Waals surface area contributed by atoms with Crippen LogP contribution in [-0.2, 0) is 13.6 Å². The fourth-order valence-corrected chi connectivity index (χ4v) is 3.13. The Kier molecular flexibility index (Phi) is 4.03. The summed E-state index contributed by atoms with van der Waals surface area (Å²) in [5.41, 5.74) is 2.36. The van der Waals surface area contributed by atoms with Crippen molar-refractivity contribution in [3.63, 3.8) is 0 Å². The van der Waals surface area contributed by atoms with Crippen molar-refractivity contribution >= 4 is 10.9 Å². The predicted molar refractivity (Wildman–Crippen MR) is 82.7 cm³/mol. The highest BCUT2D eigenvalue weighted by Crippen LogP contribution is 2.17. The number of aromatic nitrogens is 2. The lowest BCUT2D eigenvalue weighted by Crippen LogP contribution is -2.38. The Hall–Kier alpha value is -1.39. The van der Waals surface area contributed by atoms with E-state index in [1.807, 2.05) is 11.7 Å². The van der Waals surface area contributed by atoms with Gasteiger partial charge in [0, 0.05) is 31.6 Å². The van der Waals surface area contributed by atoms with Crippen LogP contribution < -0.4 is 5.32 Å². The third-order valence-electron chi connectivity index (χ3n) is 4.33. The largest absolute Gasteiger partial charge is 0.310 e. The smallest absolute Gasteiger partial charge is 0.0841 e. The van der Waals surface area contributed by atoms with Crippen LogP contribution in [0.5, 0.6) is 0 Å². The van der Waals surface area contributed by atoms with E-state index < -0.39 is 0 Å². The minimum absolute atomic E-state index is 0.618. The molecule has 2 aromatic rings. The van der Waals surface area contributed by atoms with Gasteiger partial charge >= 0.3 is 0 Å². The van der Waals surface area contributed by atoms with Gasteiger partial charge in [0.2, 0.25) is 0 Å². The minimum Gasteiger partial charge on any atom is -0.310 e. The Morgan fingerprint density at radius 2 is 2.00 bits per heavy atom. The molecular formula is C16H24N4. The molecule has 0 amide bonds. The molecule has 1 saturated heterocycles. The Labute approximate surface area is 120 Å². The van der Waals surface area contributed by atoms with Crippen molar-refractivity contribution in [3.8, 4) is 0 Å². The van der Waals surface area contributed by atoms with Crippen LogP contribution in [0, 0.1) is 0 Å². The van der Waals surface area contributed by atoms with Gasteiger partial charge < -0.3 is 5.32 Å². The molecule has 1 aliphatic rings. The number of likely N-dealkylation sites (tertiary alicyclic amines) is 1. The first kappa shape index (κ1) is 13.6. The van der Waals surface area contributed by atoms with Crippen LogP contribution in [0.2, 0.25) is 0 Å². The number of benzene rings is 1. The van der Waals surface area contributed by atoms with E-state index in [-0.39, 0.29) is 0 Å². The van der Waals surface area contributed by atoms with Crippen LogP contribution in [-0.4, -0.2) is 40.4 Å². The molecule has 2 heterocycles. The molecule has 1 aliphatic heterocycles. The lowest BCUT2D eigenvalue weighted by Gasteiger charge is -2.23. The van der Waals surface area contributed by atoms with E-state index in [4.69, 9.17) is 0 Å². The van der Waals surface area contributed by atoms with Gasteiger partial charge in [0.05, 0.1) is 11.2 Å². The van der Waals surface area contributed by atoms with Crippen molar-refractivity contribution < 1.29 is 0 Å². The van der Waals surface area contributed by atoms with E-state index in [1.54, 1.807) is 0 Å². The van der Waals surface area contributed by atoms with E-state index in [2.05, 4.69) is 46.5 Å². The summed E-state index contributed by atoms with van der Waals surface area (Å²) in [4.78, 5) is 2.57. The zero-order valence-electron chi connectivity index (χ0n) is 12.5. The number of fused-ring (bicyclic) bond motifs is 1. The first-order valence-corrected chi connectivity index (χ1v) is 7.61. The van der Waals surface area contributed by atoms with E-state index >= 15 is 0 Å². The molecule has 1 atom stereocenters. The van der Waals surface area contributed by atoms with Gasteiger partial charge in [-0.1, -0.05) is 18.2 Å². The maximum Gasteiger partial charge on any atom is 0.0841 e. The molecular weight excluding hydrogens is 248 g/mol. The molecule has 4 heteroatoms. The van der Waals surface area contributed by atoms with Crippen molar-refractivity contribution in [2.24, 2.45) is 7.05 Å². The van der Waals surface area contributed by atoms with Gasteiger partial charge in [0.25, 0.3) is 0 Å². The lowest BCUT2D eigenvalue weighted by molar-refractivity contribution is 0.251. The van der Waals surface area contributed by atoms with Gasteiger partial charge in [-0.2, -0.15) is 5.10 Å². The molecule has 0 aliphatic carbocycles. The van der Waals surface area contributed by atoms with Gasteiger partial charge in [-0.05, 0) is 38.9 Å². The summed E-state index contributed by atoms with van der Waals surface area (Å²) >= 11 is 0. The zero-order chi connectivity index (χ0) is 13.9. The van der Waals surface area contributed by atoms with E-state index in [1.165, 1.54) is 36.8 Å². The average Bonchev–Trinajstić information content (AvgIpc) is 3.09. The molecule has 1 unspecified atom stereocenters. The molecule has 3 rings (SSSR count). The standard InChI is InChI=1S/C16H24N4/c1-13(20-9-5-6-10-20)11-17-12-15-14-7-3-4-8-16(14)19(2)18-15/h3-4,7-8,13,17H,5-6,9-12H2,1-2H3. The number of nitrogens with one attached hydrogen (secondary N) is 1. The molecule has 1 N–H and O–H groups in total. The average molecular weight is 272 g/mol. The highest BCUT2D eigenvalue weighted by Gasteiger charge is 2.17. The fraction of sp³-hybridized carbons (Fsp3) is 0.562. The minimum atomic E-state index is 0.618. The molecule has 0 bridgehead atoms. The summed E-state index contributed by atoms with van der Waals surface area (Å²) in [6.07, 6.45) is 2.71. The van der Waals surface area contributed by atoms with Gasteiger partial charge in [-0.3, -0.25) is 9.58 Å². The van der Waals surface area contributed by atoms with Crippen LogP contribution in [0.1, 0.15) is 25.5 Å². The molecule has 1 aromatic heterocycles. The summed E-state index contributed by atoms with van der Waals surface area (Å²) in [6.45, 7) is 6.71. The first-order chi connectivity index (χ1) is 9.75. The maximum atomic E-state index is 4.62. The van der Waals surface area contributed by atoms with Crippen LogP contribution in [0.25, 0.3) is 10.9 Å². The van der Waals surface area contributed by atoms with E-state index in [9.17, 15) is 0 Å². The molecule has 1 fully saturated rings. The Morgan fingerprint density at radius 3 is 2.80 bits per heavy atom. The Morgan fingerprint density at radius 1 is 1.25 bits per heavy atom. The number of rotatable bonds is 5. The lowest BCUT2D eigenvalue weighted by atomic mass is 10.2. The normalized spacial score (nSPS) is 17.9. The molecule has 108 valence electrons. The monoisotopic (exact) mass is 272 g/mol. The Balaban J connectivity index is 1.60. The number of hydrogen-bond donors (Lipinski definition) is 1. The third kappa shape index (κ3) is 2.72. The molecule has 20 heavy (non-hydrogen) atoms. The second-order valence-corrected chi connectivity index (χ2v) is 5.81. The second-order valence-electron chi connectivity index (χ2n) is 5.81. The quantitative estimate of drug-likeness (QED) is 0.905. The van der Waals surface area contributed by atoms with Crippen molar-refractivity contribution in [1.29, 1.82) is 0 Å². The Bertz CT molecular complexity index is 569. The maximum absolute atomic E-state index is 4.62. The van der Waals surface area contributed by atoms with Crippen LogP contribution in [0.15, 0.2) is 24.3 Å². The molecule has 0 radical (unpaired) electrons. The first-order valence-electron chi connectivity index (χ1n) is 7.61.